The van der Waals surface area contributed by atoms with Crippen LogP contribution in [0.2, 0.25) is 0 Å². The first kappa shape index (κ1) is 14.3. The lowest BCUT2D eigenvalue weighted by atomic mass is 10.1. The maximum atomic E-state index is 12.5. The molecule has 0 amide bonds. The van der Waals surface area contributed by atoms with Gasteiger partial charge in [0.15, 0.2) is 0 Å². The lowest BCUT2D eigenvalue weighted by Crippen LogP contribution is -2.13. The van der Waals surface area contributed by atoms with E-state index in [2.05, 4.69) is 9.72 Å². The highest BCUT2D eigenvalue weighted by molar-refractivity contribution is 5.72. The van der Waals surface area contributed by atoms with Crippen molar-refractivity contribution >= 4 is 5.97 Å². The molecule has 1 heterocycles. The van der Waals surface area contributed by atoms with Crippen LogP contribution in [0.4, 0.5) is 22.0 Å². The molecule has 0 spiro atoms. The van der Waals surface area contributed by atoms with Crippen molar-refractivity contribution in [1.82, 2.24) is 4.98 Å². The number of nitrogens with zero attached hydrogens (tertiary/aromatic N) is 1. The smallest absolute Gasteiger partial charge is 0.433 e. The van der Waals surface area contributed by atoms with E-state index in [0.29, 0.717) is 12.3 Å². The predicted molar refractivity (Wildman–Crippen MR) is 49.9 cm³/mol. The van der Waals surface area contributed by atoms with Crippen LogP contribution >= 0.6 is 0 Å². The van der Waals surface area contributed by atoms with Crippen molar-refractivity contribution in [2.75, 3.05) is 7.11 Å². The largest absolute Gasteiger partial charge is 0.469 e. The van der Waals surface area contributed by atoms with Crippen LogP contribution in [-0.4, -0.2) is 18.1 Å². The molecule has 0 aromatic carbocycles. The molecular formula is C10H8F5NO2. The fourth-order valence-electron chi connectivity index (χ4n) is 1.24. The first-order chi connectivity index (χ1) is 8.25. The van der Waals surface area contributed by atoms with Gasteiger partial charge in [0, 0.05) is 11.8 Å². The number of halogens is 5. The molecule has 8 heteroatoms. The second kappa shape index (κ2) is 5.28. The van der Waals surface area contributed by atoms with Crippen molar-refractivity contribution in [2.24, 2.45) is 0 Å². The molecule has 0 bridgehead atoms. The van der Waals surface area contributed by atoms with Crippen LogP contribution in [0.15, 0.2) is 12.3 Å². The number of esters is 1. The molecule has 1 aromatic heterocycles. The molecule has 0 fully saturated rings. The van der Waals surface area contributed by atoms with Gasteiger partial charge in [0.05, 0.1) is 13.5 Å². The maximum absolute atomic E-state index is 12.5. The third-order valence-corrected chi connectivity index (χ3v) is 2.11. The zero-order valence-electron chi connectivity index (χ0n) is 9.09. The topological polar surface area (TPSA) is 39.2 Å². The summed E-state index contributed by atoms with van der Waals surface area (Å²) in [6, 6.07) is 0.429. The van der Waals surface area contributed by atoms with Crippen molar-refractivity contribution in [3.8, 4) is 0 Å². The molecule has 0 saturated carbocycles. The van der Waals surface area contributed by atoms with Gasteiger partial charge >= 0.3 is 12.1 Å². The van der Waals surface area contributed by atoms with Crippen LogP contribution in [0.1, 0.15) is 23.2 Å². The third-order valence-electron chi connectivity index (χ3n) is 2.11. The van der Waals surface area contributed by atoms with Crippen molar-refractivity contribution < 1.29 is 31.5 Å². The standard InChI is InChI=1S/C10H8F5NO2/c1-18-8(17)3-5-2-7(10(13,14)15)16-4-6(5)9(11)12/h2,4,9H,3H2,1H3. The Balaban J connectivity index is 3.20. The summed E-state index contributed by atoms with van der Waals surface area (Å²) in [4.78, 5) is 13.9. The highest BCUT2D eigenvalue weighted by atomic mass is 19.4. The van der Waals surface area contributed by atoms with Gasteiger partial charge in [-0.05, 0) is 11.6 Å². The Kier molecular flexibility index (Phi) is 4.20. The number of pyridine rings is 1. The first-order valence-corrected chi connectivity index (χ1v) is 4.66. The summed E-state index contributed by atoms with van der Waals surface area (Å²) in [5.74, 6) is -0.906. The monoisotopic (exact) mass is 269 g/mol. The zero-order valence-corrected chi connectivity index (χ0v) is 9.09. The molecular weight excluding hydrogens is 261 g/mol. The Hall–Kier alpha value is -1.73. The minimum absolute atomic E-state index is 0.422. The number of ether oxygens (including phenoxy) is 1. The normalized spacial score (nSPS) is 11.7. The molecule has 1 rings (SSSR count). The van der Waals surface area contributed by atoms with Gasteiger partial charge in [-0.3, -0.25) is 9.78 Å². The summed E-state index contributed by atoms with van der Waals surface area (Å²) in [6.45, 7) is 0. The fraction of sp³-hybridized carbons (Fsp3) is 0.400. The van der Waals surface area contributed by atoms with E-state index in [0.717, 1.165) is 7.11 Å². The summed E-state index contributed by atoms with van der Waals surface area (Å²) in [5, 5.41) is 0. The zero-order chi connectivity index (χ0) is 13.9. The van der Waals surface area contributed by atoms with Gasteiger partial charge in [0.1, 0.15) is 5.69 Å². The van der Waals surface area contributed by atoms with Crippen LogP contribution in [0.25, 0.3) is 0 Å². The van der Waals surface area contributed by atoms with E-state index in [1.807, 2.05) is 0 Å². The predicted octanol–water partition coefficient (Wildman–Crippen LogP) is 2.75. The average molecular weight is 269 g/mol. The van der Waals surface area contributed by atoms with Gasteiger partial charge < -0.3 is 4.74 Å². The van der Waals surface area contributed by atoms with Gasteiger partial charge in [0.2, 0.25) is 0 Å². The van der Waals surface area contributed by atoms with E-state index in [1.165, 1.54) is 0 Å². The fourth-order valence-corrected chi connectivity index (χ4v) is 1.24. The van der Waals surface area contributed by atoms with Crippen molar-refractivity contribution in [3.63, 3.8) is 0 Å². The minimum Gasteiger partial charge on any atom is -0.469 e. The lowest BCUT2D eigenvalue weighted by molar-refractivity contribution is -0.142. The number of hydrogen-bond acceptors (Lipinski definition) is 3. The third kappa shape index (κ3) is 3.38. The Morgan fingerprint density at radius 2 is 2.06 bits per heavy atom. The van der Waals surface area contributed by atoms with E-state index in [9.17, 15) is 26.7 Å². The van der Waals surface area contributed by atoms with Crippen LogP contribution in [-0.2, 0) is 22.1 Å². The quantitative estimate of drug-likeness (QED) is 0.625. The summed E-state index contributed by atoms with van der Waals surface area (Å²) >= 11 is 0. The second-order valence-corrected chi connectivity index (χ2v) is 3.32. The van der Waals surface area contributed by atoms with Gasteiger partial charge in [0.25, 0.3) is 6.43 Å². The van der Waals surface area contributed by atoms with E-state index in [4.69, 9.17) is 0 Å². The summed E-state index contributed by atoms with van der Waals surface area (Å²) in [5.41, 5.74) is -2.49. The SMILES string of the molecule is COC(=O)Cc1cc(C(F)(F)F)ncc1C(F)F. The van der Waals surface area contributed by atoms with Crippen LogP contribution in [0.5, 0.6) is 0 Å². The maximum Gasteiger partial charge on any atom is 0.433 e. The molecule has 1 aromatic rings. The van der Waals surface area contributed by atoms with Gasteiger partial charge in [-0.1, -0.05) is 0 Å². The molecule has 0 N–H and O–H groups in total. The number of methoxy groups -OCH3 is 1. The van der Waals surface area contributed by atoms with E-state index in [-0.39, 0.29) is 0 Å². The molecule has 0 atom stereocenters. The Labute approximate surface area is 98.6 Å². The minimum atomic E-state index is -4.76. The number of aromatic nitrogens is 1. The Morgan fingerprint density at radius 3 is 2.50 bits per heavy atom. The molecule has 0 unspecified atom stereocenters. The molecule has 0 saturated heterocycles. The van der Waals surface area contributed by atoms with Crippen molar-refractivity contribution in [2.45, 2.75) is 19.0 Å². The van der Waals surface area contributed by atoms with E-state index >= 15 is 0 Å². The summed E-state index contributed by atoms with van der Waals surface area (Å²) in [7, 11) is 1.01. The highest BCUT2D eigenvalue weighted by Crippen LogP contribution is 2.31. The van der Waals surface area contributed by atoms with E-state index in [1.54, 1.807) is 0 Å². The van der Waals surface area contributed by atoms with Gasteiger partial charge in [-0.2, -0.15) is 13.2 Å². The summed E-state index contributed by atoms with van der Waals surface area (Å²) < 4.78 is 66.4. The molecule has 100 valence electrons. The molecule has 0 aliphatic rings. The number of hydrogen-bond donors (Lipinski definition) is 0. The number of carbonyl (C=O) groups excluding carboxylic acids is 1. The second-order valence-electron chi connectivity index (χ2n) is 3.32. The number of alkyl halides is 5. The van der Waals surface area contributed by atoms with Crippen molar-refractivity contribution in [1.29, 1.82) is 0 Å². The van der Waals surface area contributed by atoms with Crippen molar-refractivity contribution in [3.05, 3.63) is 29.1 Å². The van der Waals surface area contributed by atoms with Crippen LogP contribution < -0.4 is 0 Å². The molecule has 0 radical (unpaired) electrons. The Morgan fingerprint density at radius 1 is 1.44 bits per heavy atom. The lowest BCUT2D eigenvalue weighted by Gasteiger charge is -2.11. The van der Waals surface area contributed by atoms with Gasteiger partial charge in [-0.25, -0.2) is 8.78 Å². The Bertz CT molecular complexity index is 444. The first-order valence-electron chi connectivity index (χ1n) is 4.66. The summed E-state index contributed by atoms with van der Waals surface area (Å²) in [6.07, 6.45) is -8.02. The molecule has 18 heavy (non-hydrogen) atoms. The molecule has 3 nitrogen and oxygen atoms in total. The molecule has 0 aliphatic carbocycles. The van der Waals surface area contributed by atoms with Crippen LogP contribution in [0, 0.1) is 0 Å². The average Bonchev–Trinajstić information content (AvgIpc) is 2.27. The van der Waals surface area contributed by atoms with Gasteiger partial charge in [-0.15, -0.1) is 0 Å². The highest BCUT2D eigenvalue weighted by Gasteiger charge is 2.33. The number of rotatable bonds is 3. The number of carbonyl (C=O) groups is 1. The van der Waals surface area contributed by atoms with Crippen LogP contribution in [0.3, 0.4) is 0 Å². The molecule has 0 aliphatic heterocycles. The van der Waals surface area contributed by atoms with E-state index < -0.39 is 41.8 Å².